The smallest absolute Gasteiger partial charge is 0.342 e. The topological polar surface area (TPSA) is 103 Å². The predicted octanol–water partition coefficient (Wildman–Crippen LogP) is 3.15. The lowest BCUT2D eigenvalue weighted by atomic mass is 10.0. The van der Waals surface area contributed by atoms with Crippen LogP contribution in [0.2, 0.25) is 0 Å². The molecule has 0 aliphatic carbocycles. The first kappa shape index (κ1) is 20.9. The molecule has 0 unspecified atom stereocenters. The van der Waals surface area contributed by atoms with Crippen LogP contribution in [0.15, 0.2) is 65.9 Å². The maximum atomic E-state index is 12.7. The van der Waals surface area contributed by atoms with Crippen LogP contribution in [0, 0.1) is 0 Å². The summed E-state index contributed by atoms with van der Waals surface area (Å²) < 4.78 is 16.2. The van der Waals surface area contributed by atoms with Gasteiger partial charge in [-0.15, -0.1) is 0 Å². The van der Waals surface area contributed by atoms with E-state index in [1.54, 1.807) is 50.2 Å². The minimum absolute atomic E-state index is 0.180. The van der Waals surface area contributed by atoms with E-state index in [-0.39, 0.29) is 30.0 Å². The molecule has 3 rings (SSSR count). The molecule has 0 fully saturated rings. The molecule has 0 aromatic heterocycles. The minimum atomic E-state index is -0.655. The van der Waals surface area contributed by atoms with Crippen molar-refractivity contribution >= 4 is 18.0 Å². The molecule has 156 valence electrons. The summed E-state index contributed by atoms with van der Waals surface area (Å²) in [6, 6.07) is 14.6. The molecule has 1 aliphatic heterocycles. The molecular formula is C22H22N2O6. The number of hydrogen-bond acceptors (Lipinski definition) is 6. The number of esters is 2. The first-order valence-corrected chi connectivity index (χ1v) is 9.46. The Morgan fingerprint density at radius 1 is 0.967 bits per heavy atom. The normalized spacial score (nSPS) is 15.7. The largest absolute Gasteiger partial charge is 0.463 e. The van der Waals surface area contributed by atoms with Crippen molar-refractivity contribution in [2.24, 2.45) is 0 Å². The molecule has 0 saturated heterocycles. The zero-order valence-corrected chi connectivity index (χ0v) is 16.6. The van der Waals surface area contributed by atoms with Crippen molar-refractivity contribution < 1.29 is 28.6 Å². The van der Waals surface area contributed by atoms with Gasteiger partial charge in [-0.05, 0) is 38.1 Å². The van der Waals surface area contributed by atoms with Gasteiger partial charge in [-0.1, -0.05) is 30.3 Å². The van der Waals surface area contributed by atoms with E-state index in [4.69, 9.17) is 14.2 Å². The highest BCUT2D eigenvalue weighted by Gasteiger charge is 2.30. The number of urea groups is 1. The Bertz CT molecular complexity index is 971. The zero-order chi connectivity index (χ0) is 21.5. The zero-order valence-electron chi connectivity index (χ0n) is 16.6. The number of amides is 2. The highest BCUT2D eigenvalue weighted by molar-refractivity contribution is 5.95. The summed E-state index contributed by atoms with van der Waals surface area (Å²) in [5.74, 6) is -0.338. The number of para-hydroxylation sites is 2. The van der Waals surface area contributed by atoms with Crippen LogP contribution in [0.1, 0.15) is 24.2 Å². The molecule has 2 aromatic carbocycles. The third-order valence-corrected chi connectivity index (χ3v) is 4.29. The summed E-state index contributed by atoms with van der Waals surface area (Å²) in [4.78, 5) is 36.8. The summed E-state index contributed by atoms with van der Waals surface area (Å²) in [5, 5.41) is 5.10. The van der Waals surface area contributed by atoms with Gasteiger partial charge in [0.05, 0.1) is 23.9 Å². The molecule has 1 aliphatic rings. The number of nitrogens with one attached hydrogen (secondary N) is 2. The van der Waals surface area contributed by atoms with E-state index in [1.165, 1.54) is 0 Å². The molecule has 2 N–H and O–H groups in total. The van der Waals surface area contributed by atoms with Crippen molar-refractivity contribution in [1.29, 1.82) is 0 Å². The van der Waals surface area contributed by atoms with Crippen molar-refractivity contribution in [3.8, 4) is 11.5 Å². The second kappa shape index (κ2) is 9.60. The molecule has 2 aromatic rings. The fraction of sp³-hybridized carbons (Fsp3) is 0.227. The fourth-order valence-corrected chi connectivity index (χ4v) is 2.95. The van der Waals surface area contributed by atoms with Crippen LogP contribution < -0.4 is 15.4 Å². The Morgan fingerprint density at radius 3 is 2.40 bits per heavy atom. The summed E-state index contributed by atoms with van der Waals surface area (Å²) >= 11 is 0. The molecular weight excluding hydrogens is 388 g/mol. The molecule has 30 heavy (non-hydrogen) atoms. The van der Waals surface area contributed by atoms with Crippen LogP contribution in [-0.2, 0) is 14.3 Å². The second-order valence-electron chi connectivity index (χ2n) is 6.42. The summed E-state index contributed by atoms with van der Waals surface area (Å²) in [5.41, 5.74) is 0.602. The monoisotopic (exact) mass is 410 g/mol. The Morgan fingerprint density at radius 2 is 1.67 bits per heavy atom. The highest BCUT2D eigenvalue weighted by Crippen LogP contribution is 2.26. The molecule has 2 amide bonds. The van der Waals surface area contributed by atoms with Crippen LogP contribution >= 0.6 is 0 Å². The molecule has 0 radical (unpaired) electrons. The van der Waals surface area contributed by atoms with Gasteiger partial charge >= 0.3 is 18.0 Å². The lowest BCUT2D eigenvalue weighted by Crippen LogP contribution is -2.50. The maximum absolute atomic E-state index is 12.7. The second-order valence-corrected chi connectivity index (χ2v) is 6.42. The van der Waals surface area contributed by atoms with Crippen molar-refractivity contribution in [3.05, 3.63) is 71.4 Å². The third-order valence-electron chi connectivity index (χ3n) is 4.29. The lowest BCUT2D eigenvalue weighted by Gasteiger charge is -2.26. The van der Waals surface area contributed by atoms with Gasteiger partial charge in [0.25, 0.3) is 0 Å². The number of ether oxygens (including phenoxy) is 3. The van der Waals surface area contributed by atoms with Crippen molar-refractivity contribution in [2.45, 2.75) is 19.9 Å². The average Bonchev–Trinajstić information content (AvgIpc) is 2.73. The first-order chi connectivity index (χ1) is 14.5. The Labute approximate surface area is 173 Å². The maximum Gasteiger partial charge on any atom is 0.342 e. The quantitative estimate of drug-likeness (QED) is 0.680. The van der Waals surface area contributed by atoms with Crippen molar-refractivity contribution in [1.82, 2.24) is 10.6 Å². The standard InChI is InChI=1S/C22H22N2O6/c1-3-28-21(26)19-14(2)23-22(27)24-17(19)13-29-20(25)16-11-7-8-12-18(16)30-15-9-5-4-6-10-15/h4-12,14H,3,13H2,1-2H3,(H2,23,24,27)/t14-/m1/s1. The third kappa shape index (κ3) is 4.96. The number of carbonyl (C=O) groups is 3. The fourth-order valence-electron chi connectivity index (χ4n) is 2.95. The van der Waals surface area contributed by atoms with E-state index in [1.807, 2.05) is 18.2 Å². The molecule has 8 nitrogen and oxygen atoms in total. The summed E-state index contributed by atoms with van der Waals surface area (Å²) in [7, 11) is 0. The van der Waals surface area contributed by atoms with E-state index in [2.05, 4.69) is 10.6 Å². The van der Waals surface area contributed by atoms with Crippen LogP contribution in [0.4, 0.5) is 4.79 Å². The Balaban J connectivity index is 1.78. The van der Waals surface area contributed by atoms with Crippen molar-refractivity contribution in [2.75, 3.05) is 13.2 Å². The van der Waals surface area contributed by atoms with Crippen molar-refractivity contribution in [3.63, 3.8) is 0 Å². The SMILES string of the molecule is CCOC(=O)C1=C(COC(=O)c2ccccc2Oc2ccccc2)NC(=O)N[C@@H]1C. The Hall–Kier alpha value is -3.81. The summed E-state index contributed by atoms with van der Waals surface area (Å²) in [6.07, 6.45) is 0. The van der Waals surface area contributed by atoms with Gasteiger partial charge in [-0.2, -0.15) is 0 Å². The molecule has 0 spiro atoms. The molecule has 1 heterocycles. The number of carbonyl (C=O) groups excluding carboxylic acids is 3. The van der Waals surface area contributed by atoms with Crippen LogP contribution in [-0.4, -0.2) is 37.2 Å². The van der Waals surface area contributed by atoms with Gasteiger partial charge in [0.1, 0.15) is 23.7 Å². The van der Waals surface area contributed by atoms with Gasteiger partial charge in [0, 0.05) is 0 Å². The van der Waals surface area contributed by atoms with E-state index in [0.29, 0.717) is 11.5 Å². The van der Waals surface area contributed by atoms with Crippen LogP contribution in [0.3, 0.4) is 0 Å². The summed E-state index contributed by atoms with van der Waals surface area (Å²) in [6.45, 7) is 3.21. The van der Waals surface area contributed by atoms with E-state index < -0.39 is 24.0 Å². The van der Waals surface area contributed by atoms with Crippen LogP contribution in [0.25, 0.3) is 0 Å². The van der Waals surface area contributed by atoms with E-state index in [9.17, 15) is 14.4 Å². The van der Waals surface area contributed by atoms with Gasteiger partial charge in [-0.3, -0.25) is 0 Å². The van der Waals surface area contributed by atoms with E-state index in [0.717, 1.165) is 0 Å². The lowest BCUT2D eigenvalue weighted by molar-refractivity contribution is -0.139. The van der Waals surface area contributed by atoms with Gasteiger partial charge in [0.15, 0.2) is 0 Å². The number of hydrogen-bond donors (Lipinski definition) is 2. The molecule has 0 saturated carbocycles. The van der Waals surface area contributed by atoms with Gasteiger partial charge in [-0.25, -0.2) is 14.4 Å². The molecule has 8 heteroatoms. The number of rotatable bonds is 7. The van der Waals surface area contributed by atoms with Gasteiger partial charge in [0.2, 0.25) is 0 Å². The molecule has 1 atom stereocenters. The Kier molecular flexibility index (Phi) is 6.69. The predicted molar refractivity (Wildman–Crippen MR) is 108 cm³/mol. The molecule has 0 bridgehead atoms. The highest BCUT2D eigenvalue weighted by atomic mass is 16.5. The number of benzene rings is 2. The minimum Gasteiger partial charge on any atom is -0.463 e. The average molecular weight is 410 g/mol. The van der Waals surface area contributed by atoms with E-state index >= 15 is 0 Å². The van der Waals surface area contributed by atoms with Crippen LogP contribution in [0.5, 0.6) is 11.5 Å². The first-order valence-electron chi connectivity index (χ1n) is 9.46. The van der Waals surface area contributed by atoms with Gasteiger partial charge < -0.3 is 24.8 Å².